The number of aromatic nitrogens is 2. The molecule has 1 fully saturated rings. The van der Waals surface area contributed by atoms with Crippen molar-refractivity contribution in [1.29, 1.82) is 0 Å². The van der Waals surface area contributed by atoms with Crippen LogP contribution in [0.1, 0.15) is 32.1 Å². The van der Waals surface area contributed by atoms with Crippen LogP contribution >= 0.6 is 0 Å². The maximum absolute atomic E-state index is 12.3. The van der Waals surface area contributed by atoms with Gasteiger partial charge in [0.15, 0.2) is 5.82 Å². The van der Waals surface area contributed by atoms with Gasteiger partial charge in [0.2, 0.25) is 5.91 Å². The van der Waals surface area contributed by atoms with Crippen molar-refractivity contribution in [3.63, 3.8) is 0 Å². The first kappa shape index (κ1) is 14.8. The molecule has 2 N–H and O–H groups in total. The number of rotatable bonds is 3. The van der Waals surface area contributed by atoms with Crippen LogP contribution in [0, 0.1) is 5.92 Å². The quantitative estimate of drug-likeness (QED) is 0.823. The largest absolute Gasteiger partial charge is 0.351 e. The van der Waals surface area contributed by atoms with Gasteiger partial charge in [0.1, 0.15) is 0 Å². The van der Waals surface area contributed by atoms with E-state index in [9.17, 15) is 9.59 Å². The van der Waals surface area contributed by atoms with Crippen molar-refractivity contribution in [2.24, 2.45) is 5.92 Å². The van der Waals surface area contributed by atoms with Gasteiger partial charge in [-0.3, -0.25) is 9.59 Å². The Kier molecular flexibility index (Phi) is 4.56. The number of aromatic amines is 1. The van der Waals surface area contributed by atoms with Gasteiger partial charge in [0.05, 0.1) is 0 Å². The second-order valence-corrected chi connectivity index (χ2v) is 6.02. The minimum atomic E-state index is -0.174. The van der Waals surface area contributed by atoms with E-state index >= 15 is 0 Å². The number of nitrogens with zero attached hydrogens (tertiary/aromatic N) is 2. The third-order valence-electron chi connectivity index (χ3n) is 4.40. The minimum Gasteiger partial charge on any atom is -0.351 e. The monoisotopic (exact) mass is 302 g/mol. The predicted octanol–water partition coefficient (Wildman–Crippen LogP) is 1.21. The summed E-state index contributed by atoms with van der Waals surface area (Å²) in [5.74, 6) is 0.687. The summed E-state index contributed by atoms with van der Waals surface area (Å²) < 4.78 is 0. The van der Waals surface area contributed by atoms with Gasteiger partial charge in [-0.25, -0.2) is 4.98 Å². The van der Waals surface area contributed by atoms with E-state index in [4.69, 9.17) is 0 Å². The minimum absolute atomic E-state index is 0.0913. The number of amides is 1. The second-order valence-electron chi connectivity index (χ2n) is 6.02. The number of nitrogens with one attached hydrogen (secondary N) is 2. The van der Waals surface area contributed by atoms with Gasteiger partial charge < -0.3 is 15.2 Å². The van der Waals surface area contributed by atoms with E-state index in [0.717, 1.165) is 38.6 Å². The lowest BCUT2D eigenvalue weighted by molar-refractivity contribution is -0.126. The summed E-state index contributed by atoms with van der Waals surface area (Å²) >= 11 is 0. The van der Waals surface area contributed by atoms with Crippen LogP contribution in [0.4, 0.5) is 5.82 Å². The molecule has 0 spiro atoms. The molecule has 0 saturated carbocycles. The van der Waals surface area contributed by atoms with Crippen LogP contribution in [0.15, 0.2) is 29.3 Å². The van der Waals surface area contributed by atoms with E-state index in [2.05, 4.69) is 27.4 Å². The predicted molar refractivity (Wildman–Crippen MR) is 84.7 cm³/mol. The van der Waals surface area contributed by atoms with Crippen LogP contribution < -0.4 is 15.8 Å². The van der Waals surface area contributed by atoms with Crippen molar-refractivity contribution in [3.8, 4) is 0 Å². The average molecular weight is 302 g/mol. The molecule has 2 aliphatic rings. The highest BCUT2D eigenvalue weighted by molar-refractivity contribution is 5.79. The number of piperidine rings is 1. The van der Waals surface area contributed by atoms with Gasteiger partial charge in [0, 0.05) is 37.4 Å². The molecule has 1 aliphatic carbocycles. The maximum Gasteiger partial charge on any atom is 0.290 e. The fourth-order valence-electron chi connectivity index (χ4n) is 3.21. The molecule has 118 valence electrons. The lowest BCUT2D eigenvalue weighted by atomic mass is 9.93. The highest BCUT2D eigenvalue weighted by Gasteiger charge is 2.26. The van der Waals surface area contributed by atoms with E-state index in [0.29, 0.717) is 12.4 Å². The number of carbonyl (C=O) groups is 1. The fourth-order valence-corrected chi connectivity index (χ4v) is 3.21. The third-order valence-corrected chi connectivity index (χ3v) is 4.40. The second kappa shape index (κ2) is 6.77. The number of H-pyrrole nitrogens is 1. The molecule has 2 heterocycles. The number of anilines is 1. The Bertz CT molecular complexity index is 610. The first-order chi connectivity index (χ1) is 10.7. The molecule has 1 aliphatic heterocycles. The Morgan fingerprint density at radius 3 is 3.05 bits per heavy atom. The van der Waals surface area contributed by atoms with Crippen molar-refractivity contribution in [1.82, 2.24) is 15.3 Å². The molecule has 0 aromatic carbocycles. The summed E-state index contributed by atoms with van der Waals surface area (Å²) in [7, 11) is 0. The van der Waals surface area contributed by atoms with Gasteiger partial charge in [-0.2, -0.15) is 0 Å². The molecule has 0 unspecified atom stereocenters. The van der Waals surface area contributed by atoms with Crippen LogP contribution in [0.25, 0.3) is 0 Å². The van der Waals surface area contributed by atoms with Gasteiger partial charge in [-0.15, -0.1) is 0 Å². The summed E-state index contributed by atoms with van der Waals surface area (Å²) in [5, 5.41) is 3.15. The molecule has 1 aromatic heterocycles. The number of allylic oxidation sites excluding steroid dienone is 2. The summed E-state index contributed by atoms with van der Waals surface area (Å²) in [6.07, 6.45) is 12.0. The Hall–Kier alpha value is -2.11. The van der Waals surface area contributed by atoms with E-state index < -0.39 is 0 Å². The van der Waals surface area contributed by atoms with E-state index in [1.807, 2.05) is 4.90 Å². The third kappa shape index (κ3) is 3.37. The average Bonchev–Trinajstić information content (AvgIpc) is 2.56. The smallest absolute Gasteiger partial charge is 0.290 e. The van der Waals surface area contributed by atoms with E-state index in [1.54, 1.807) is 6.20 Å². The Labute approximate surface area is 129 Å². The molecular weight excluding hydrogens is 280 g/mol. The van der Waals surface area contributed by atoms with Crippen molar-refractivity contribution in [3.05, 3.63) is 34.9 Å². The summed E-state index contributed by atoms with van der Waals surface area (Å²) in [4.78, 5) is 33.0. The fraction of sp³-hybridized carbons (Fsp3) is 0.562. The van der Waals surface area contributed by atoms with Crippen LogP contribution in [-0.2, 0) is 4.79 Å². The summed E-state index contributed by atoms with van der Waals surface area (Å²) in [5.41, 5.74) is -0.174. The van der Waals surface area contributed by atoms with Crippen molar-refractivity contribution in [2.45, 2.75) is 38.1 Å². The highest BCUT2D eigenvalue weighted by atomic mass is 16.2. The molecule has 1 aromatic rings. The molecule has 0 radical (unpaired) electrons. The lowest BCUT2D eigenvalue weighted by Crippen LogP contribution is -2.50. The van der Waals surface area contributed by atoms with Crippen LogP contribution in [0.3, 0.4) is 0 Å². The van der Waals surface area contributed by atoms with Gasteiger partial charge in [0.25, 0.3) is 5.56 Å². The molecule has 22 heavy (non-hydrogen) atoms. The normalized spacial score (nSPS) is 25.0. The Morgan fingerprint density at radius 1 is 1.36 bits per heavy atom. The van der Waals surface area contributed by atoms with Crippen molar-refractivity contribution in [2.75, 3.05) is 18.0 Å². The zero-order chi connectivity index (χ0) is 15.4. The summed E-state index contributed by atoms with van der Waals surface area (Å²) in [6.45, 7) is 1.45. The Morgan fingerprint density at radius 2 is 2.27 bits per heavy atom. The first-order valence-corrected chi connectivity index (χ1v) is 7.98. The molecule has 0 bridgehead atoms. The maximum atomic E-state index is 12.3. The van der Waals surface area contributed by atoms with Crippen LogP contribution in [0.5, 0.6) is 0 Å². The molecular formula is C16H22N4O2. The van der Waals surface area contributed by atoms with Crippen molar-refractivity contribution >= 4 is 11.7 Å². The molecule has 1 saturated heterocycles. The zero-order valence-corrected chi connectivity index (χ0v) is 12.6. The van der Waals surface area contributed by atoms with Crippen LogP contribution in [-0.4, -0.2) is 35.0 Å². The lowest BCUT2D eigenvalue weighted by Gasteiger charge is -2.34. The molecule has 2 atom stereocenters. The zero-order valence-electron chi connectivity index (χ0n) is 12.6. The standard InChI is InChI=1S/C16H22N4O2/c21-15(12-5-2-1-3-6-12)19-13-7-4-10-20(11-13)14-16(22)18-9-8-17-14/h1-2,8-9,12-13H,3-7,10-11H2,(H,18,22)(H,19,21)/t12-,13+/m1/s1. The van der Waals surface area contributed by atoms with Crippen molar-refractivity contribution < 1.29 is 4.79 Å². The summed E-state index contributed by atoms with van der Waals surface area (Å²) in [6, 6.07) is 0.0913. The molecule has 1 amide bonds. The van der Waals surface area contributed by atoms with Gasteiger partial charge in [-0.05, 0) is 32.1 Å². The van der Waals surface area contributed by atoms with Gasteiger partial charge in [-0.1, -0.05) is 12.2 Å². The molecule has 6 heteroatoms. The molecule has 6 nitrogen and oxygen atoms in total. The number of carbonyl (C=O) groups excluding carboxylic acids is 1. The topological polar surface area (TPSA) is 78.1 Å². The Balaban J connectivity index is 1.61. The van der Waals surface area contributed by atoms with Crippen LogP contribution in [0.2, 0.25) is 0 Å². The SMILES string of the molecule is O=C(N[C@H]1CCCN(c2ncc[nH]c2=O)C1)[C@@H]1CC=CCC1. The molecule has 3 rings (SSSR count). The number of hydrogen-bond acceptors (Lipinski definition) is 4. The van der Waals surface area contributed by atoms with E-state index in [-0.39, 0.29) is 23.4 Å². The first-order valence-electron chi connectivity index (χ1n) is 7.98. The van der Waals surface area contributed by atoms with Gasteiger partial charge >= 0.3 is 0 Å². The van der Waals surface area contributed by atoms with E-state index in [1.165, 1.54) is 6.20 Å². The number of hydrogen-bond donors (Lipinski definition) is 2. The highest BCUT2D eigenvalue weighted by Crippen LogP contribution is 2.20.